The van der Waals surface area contributed by atoms with Crippen LogP contribution >= 0.6 is 0 Å². The molecule has 0 bridgehead atoms. The van der Waals surface area contributed by atoms with Gasteiger partial charge in [-0.05, 0) is 18.3 Å². The Hall–Kier alpha value is -0.530. The minimum atomic E-state index is 0.163. The van der Waals surface area contributed by atoms with Crippen molar-refractivity contribution in [2.45, 2.75) is 40.5 Å². The van der Waals surface area contributed by atoms with Gasteiger partial charge in [-0.1, -0.05) is 27.2 Å². The van der Waals surface area contributed by atoms with Gasteiger partial charge in [-0.2, -0.15) is 0 Å². The summed E-state index contributed by atoms with van der Waals surface area (Å²) in [6.45, 7) is 9.20. The van der Waals surface area contributed by atoms with Gasteiger partial charge in [0, 0.05) is 20.5 Å². The summed E-state index contributed by atoms with van der Waals surface area (Å²) in [4.78, 5) is 12.7. The van der Waals surface area contributed by atoms with Crippen molar-refractivity contribution in [2.24, 2.45) is 11.8 Å². The highest BCUT2D eigenvalue weighted by molar-refractivity contribution is 5.72. The van der Waals surface area contributed by atoms with Crippen molar-refractivity contribution in [1.82, 2.24) is 4.90 Å². The standard InChI is InChI=1S/C11H23NO/c1-9(2)6-7-10(3)8-12(5)11(4)13/h9-10H,6-8H2,1-5H3. The van der Waals surface area contributed by atoms with E-state index in [2.05, 4.69) is 20.8 Å². The summed E-state index contributed by atoms with van der Waals surface area (Å²) in [5, 5.41) is 0. The van der Waals surface area contributed by atoms with Crippen molar-refractivity contribution in [3.05, 3.63) is 0 Å². The van der Waals surface area contributed by atoms with E-state index in [1.165, 1.54) is 12.8 Å². The number of carbonyl (C=O) groups is 1. The smallest absolute Gasteiger partial charge is 0.219 e. The second-order valence-electron chi connectivity index (χ2n) is 4.48. The minimum absolute atomic E-state index is 0.163. The molecule has 0 rings (SSSR count). The second kappa shape index (κ2) is 6.01. The molecule has 0 spiro atoms. The maximum absolute atomic E-state index is 10.9. The molecule has 1 amide bonds. The summed E-state index contributed by atoms with van der Waals surface area (Å²) < 4.78 is 0. The van der Waals surface area contributed by atoms with E-state index in [4.69, 9.17) is 0 Å². The molecule has 1 unspecified atom stereocenters. The van der Waals surface area contributed by atoms with Gasteiger partial charge in [0.25, 0.3) is 0 Å². The number of nitrogens with zero attached hydrogens (tertiary/aromatic N) is 1. The fourth-order valence-electron chi connectivity index (χ4n) is 1.31. The van der Waals surface area contributed by atoms with Crippen LogP contribution in [0.2, 0.25) is 0 Å². The molecule has 0 aliphatic carbocycles. The summed E-state index contributed by atoms with van der Waals surface area (Å²) in [5.74, 6) is 1.55. The predicted molar refractivity (Wildman–Crippen MR) is 56.5 cm³/mol. The zero-order chi connectivity index (χ0) is 10.4. The minimum Gasteiger partial charge on any atom is -0.346 e. The molecule has 0 saturated heterocycles. The van der Waals surface area contributed by atoms with Crippen molar-refractivity contribution in [1.29, 1.82) is 0 Å². The topological polar surface area (TPSA) is 20.3 Å². The molecular weight excluding hydrogens is 162 g/mol. The van der Waals surface area contributed by atoms with E-state index in [1.807, 2.05) is 7.05 Å². The summed E-state index contributed by atoms with van der Waals surface area (Å²) in [5.41, 5.74) is 0. The molecule has 0 aromatic heterocycles. The van der Waals surface area contributed by atoms with Crippen LogP contribution in [-0.4, -0.2) is 24.4 Å². The first-order valence-electron chi connectivity index (χ1n) is 5.15. The van der Waals surface area contributed by atoms with Crippen molar-refractivity contribution < 1.29 is 4.79 Å². The van der Waals surface area contributed by atoms with Gasteiger partial charge < -0.3 is 4.90 Å². The molecular formula is C11H23NO. The lowest BCUT2D eigenvalue weighted by Crippen LogP contribution is -2.28. The van der Waals surface area contributed by atoms with E-state index >= 15 is 0 Å². The van der Waals surface area contributed by atoms with Gasteiger partial charge in [0.05, 0.1) is 0 Å². The van der Waals surface area contributed by atoms with Crippen LogP contribution in [0.25, 0.3) is 0 Å². The molecule has 2 heteroatoms. The molecule has 78 valence electrons. The lowest BCUT2D eigenvalue weighted by atomic mass is 9.99. The summed E-state index contributed by atoms with van der Waals surface area (Å²) in [7, 11) is 1.87. The van der Waals surface area contributed by atoms with Crippen LogP contribution in [0.1, 0.15) is 40.5 Å². The molecule has 0 N–H and O–H groups in total. The molecule has 1 atom stereocenters. The third-order valence-electron chi connectivity index (χ3n) is 2.36. The Morgan fingerprint density at radius 2 is 1.77 bits per heavy atom. The first-order chi connectivity index (χ1) is 5.93. The first-order valence-corrected chi connectivity index (χ1v) is 5.15. The van der Waals surface area contributed by atoms with Gasteiger partial charge in [0.1, 0.15) is 0 Å². The van der Waals surface area contributed by atoms with Crippen LogP contribution in [0.15, 0.2) is 0 Å². The Kier molecular flexibility index (Phi) is 5.76. The van der Waals surface area contributed by atoms with Crippen molar-refractivity contribution in [3.63, 3.8) is 0 Å². The Labute approximate surface area is 82.3 Å². The lowest BCUT2D eigenvalue weighted by Gasteiger charge is -2.20. The summed E-state index contributed by atoms with van der Waals surface area (Å²) in [6, 6.07) is 0. The van der Waals surface area contributed by atoms with Crippen LogP contribution < -0.4 is 0 Å². The molecule has 13 heavy (non-hydrogen) atoms. The molecule has 0 aromatic carbocycles. The third-order valence-corrected chi connectivity index (χ3v) is 2.36. The van der Waals surface area contributed by atoms with Crippen LogP contribution in [0.3, 0.4) is 0 Å². The molecule has 0 radical (unpaired) electrons. The molecule has 0 heterocycles. The van der Waals surface area contributed by atoms with E-state index in [-0.39, 0.29) is 5.91 Å². The predicted octanol–water partition coefficient (Wildman–Crippen LogP) is 2.54. The van der Waals surface area contributed by atoms with Gasteiger partial charge in [-0.15, -0.1) is 0 Å². The van der Waals surface area contributed by atoms with E-state index in [0.29, 0.717) is 5.92 Å². The third kappa shape index (κ3) is 6.62. The zero-order valence-electron chi connectivity index (χ0n) is 9.63. The number of hydrogen-bond acceptors (Lipinski definition) is 1. The average molecular weight is 185 g/mol. The number of hydrogen-bond donors (Lipinski definition) is 0. The van der Waals surface area contributed by atoms with Crippen LogP contribution in [0.4, 0.5) is 0 Å². The molecule has 0 aliphatic heterocycles. The van der Waals surface area contributed by atoms with Crippen LogP contribution in [0.5, 0.6) is 0 Å². The van der Waals surface area contributed by atoms with Crippen LogP contribution in [-0.2, 0) is 4.79 Å². The maximum atomic E-state index is 10.9. The number of carbonyl (C=O) groups excluding carboxylic acids is 1. The fourth-order valence-corrected chi connectivity index (χ4v) is 1.31. The highest BCUT2D eigenvalue weighted by atomic mass is 16.2. The highest BCUT2D eigenvalue weighted by Gasteiger charge is 2.08. The van der Waals surface area contributed by atoms with Crippen molar-refractivity contribution in [3.8, 4) is 0 Å². The van der Waals surface area contributed by atoms with Crippen molar-refractivity contribution >= 4 is 5.91 Å². The molecule has 0 fully saturated rings. The van der Waals surface area contributed by atoms with E-state index in [0.717, 1.165) is 12.5 Å². The van der Waals surface area contributed by atoms with Gasteiger partial charge in [-0.25, -0.2) is 0 Å². The average Bonchev–Trinajstić information content (AvgIpc) is 2.00. The SMILES string of the molecule is CC(=O)N(C)CC(C)CCC(C)C. The Balaban J connectivity index is 3.61. The Morgan fingerprint density at radius 1 is 1.23 bits per heavy atom. The first kappa shape index (κ1) is 12.5. The zero-order valence-corrected chi connectivity index (χ0v) is 9.63. The Morgan fingerprint density at radius 3 is 2.15 bits per heavy atom. The number of rotatable bonds is 5. The van der Waals surface area contributed by atoms with Gasteiger partial charge in [0.15, 0.2) is 0 Å². The Bertz CT molecular complexity index is 154. The molecule has 0 aromatic rings. The summed E-state index contributed by atoms with van der Waals surface area (Å²) in [6.07, 6.45) is 2.47. The van der Waals surface area contributed by atoms with E-state index in [1.54, 1.807) is 11.8 Å². The van der Waals surface area contributed by atoms with E-state index in [9.17, 15) is 4.79 Å². The van der Waals surface area contributed by atoms with Gasteiger partial charge in [0.2, 0.25) is 5.91 Å². The van der Waals surface area contributed by atoms with Gasteiger partial charge in [-0.3, -0.25) is 4.79 Å². The second-order valence-corrected chi connectivity index (χ2v) is 4.48. The highest BCUT2D eigenvalue weighted by Crippen LogP contribution is 2.12. The number of amides is 1. The monoisotopic (exact) mass is 185 g/mol. The van der Waals surface area contributed by atoms with E-state index < -0.39 is 0 Å². The quantitative estimate of drug-likeness (QED) is 0.644. The van der Waals surface area contributed by atoms with Crippen LogP contribution in [0, 0.1) is 11.8 Å². The summed E-state index contributed by atoms with van der Waals surface area (Å²) >= 11 is 0. The maximum Gasteiger partial charge on any atom is 0.219 e. The van der Waals surface area contributed by atoms with Gasteiger partial charge >= 0.3 is 0 Å². The van der Waals surface area contributed by atoms with Crippen molar-refractivity contribution in [2.75, 3.05) is 13.6 Å². The normalized spacial score (nSPS) is 13.1. The largest absolute Gasteiger partial charge is 0.346 e. The fraction of sp³-hybridized carbons (Fsp3) is 0.909. The lowest BCUT2D eigenvalue weighted by molar-refractivity contribution is -0.128. The molecule has 0 saturated carbocycles. The molecule has 2 nitrogen and oxygen atoms in total. The molecule has 0 aliphatic rings.